The first kappa shape index (κ1) is 9.53. The van der Waals surface area contributed by atoms with Gasteiger partial charge >= 0.3 is 0 Å². The van der Waals surface area contributed by atoms with E-state index in [9.17, 15) is 0 Å². The molecule has 1 fully saturated rings. The summed E-state index contributed by atoms with van der Waals surface area (Å²) in [4.78, 5) is 4.22. The van der Waals surface area contributed by atoms with Gasteiger partial charge in [-0.3, -0.25) is 0 Å². The number of hydrogen-bond acceptors (Lipinski definition) is 6. The lowest BCUT2D eigenvalue weighted by molar-refractivity contribution is 0.376. The monoisotopic (exact) mass is 220 g/mol. The summed E-state index contributed by atoms with van der Waals surface area (Å²) in [5, 5.41) is 7.62. The van der Waals surface area contributed by atoms with Crippen LogP contribution < -0.4 is 5.73 Å². The highest BCUT2D eigenvalue weighted by Crippen LogP contribution is 2.38. The zero-order chi connectivity index (χ0) is 11.1. The van der Waals surface area contributed by atoms with Crippen LogP contribution in [-0.2, 0) is 0 Å². The van der Waals surface area contributed by atoms with Gasteiger partial charge in [-0.05, 0) is 25.7 Å². The molecule has 0 spiro atoms. The minimum Gasteiger partial charge on any atom is -0.351 e. The zero-order valence-corrected chi connectivity index (χ0v) is 8.88. The molecule has 0 radical (unpaired) electrons. The fourth-order valence-electron chi connectivity index (χ4n) is 1.60. The lowest BCUT2D eigenvalue weighted by Gasteiger charge is -2.01. The van der Waals surface area contributed by atoms with Crippen molar-refractivity contribution < 1.29 is 9.05 Å². The summed E-state index contributed by atoms with van der Waals surface area (Å²) in [6.45, 7) is 1.83. The molecular weight excluding hydrogens is 208 g/mol. The maximum atomic E-state index is 5.97. The van der Waals surface area contributed by atoms with Crippen LogP contribution >= 0.6 is 0 Å². The van der Waals surface area contributed by atoms with Gasteiger partial charge in [-0.1, -0.05) is 10.3 Å². The molecule has 1 unspecified atom stereocenters. The molecule has 6 nitrogen and oxygen atoms in total. The molecule has 0 aromatic carbocycles. The van der Waals surface area contributed by atoms with E-state index < -0.39 is 0 Å². The molecule has 2 aromatic rings. The third kappa shape index (κ3) is 1.61. The summed E-state index contributed by atoms with van der Waals surface area (Å²) in [5.41, 5.74) is 6.74. The van der Waals surface area contributed by atoms with Crippen molar-refractivity contribution in [3.8, 4) is 11.7 Å². The van der Waals surface area contributed by atoms with E-state index in [2.05, 4.69) is 15.3 Å². The quantitative estimate of drug-likeness (QED) is 0.841. The normalized spacial score (nSPS) is 17.6. The fourth-order valence-corrected chi connectivity index (χ4v) is 1.60. The molecule has 2 heterocycles. The topological polar surface area (TPSA) is 91.0 Å². The molecule has 0 bridgehead atoms. The van der Waals surface area contributed by atoms with Crippen LogP contribution in [0.4, 0.5) is 0 Å². The smallest absolute Gasteiger partial charge is 0.296 e. The second kappa shape index (κ2) is 3.41. The van der Waals surface area contributed by atoms with Crippen LogP contribution in [0, 0.1) is 12.8 Å². The van der Waals surface area contributed by atoms with E-state index in [0.717, 1.165) is 18.5 Å². The highest BCUT2D eigenvalue weighted by atomic mass is 16.5. The van der Waals surface area contributed by atoms with Gasteiger partial charge in [0.2, 0.25) is 5.76 Å². The highest BCUT2D eigenvalue weighted by molar-refractivity contribution is 5.43. The molecule has 1 aliphatic rings. The summed E-state index contributed by atoms with van der Waals surface area (Å²) >= 11 is 0. The molecular formula is C10H12N4O2. The van der Waals surface area contributed by atoms with Gasteiger partial charge < -0.3 is 14.8 Å². The number of nitrogens with two attached hydrogens (primary N) is 1. The first-order valence-corrected chi connectivity index (χ1v) is 5.27. The number of nitrogens with zero attached hydrogens (tertiary/aromatic N) is 3. The SMILES string of the molecule is Cc1cc(-c2nc(C(N)C3CC3)no2)on1. The van der Waals surface area contributed by atoms with Gasteiger partial charge in [0.05, 0.1) is 11.7 Å². The summed E-state index contributed by atoms with van der Waals surface area (Å²) in [6.07, 6.45) is 2.29. The second-order valence-electron chi connectivity index (χ2n) is 4.15. The van der Waals surface area contributed by atoms with Gasteiger partial charge in [-0.25, -0.2) is 0 Å². The molecule has 84 valence electrons. The molecule has 6 heteroatoms. The Kier molecular flexibility index (Phi) is 2.03. The van der Waals surface area contributed by atoms with Crippen molar-refractivity contribution in [2.75, 3.05) is 0 Å². The van der Waals surface area contributed by atoms with Crippen molar-refractivity contribution in [3.63, 3.8) is 0 Å². The predicted octanol–water partition coefficient (Wildman–Crippen LogP) is 1.44. The Morgan fingerprint density at radius 3 is 2.81 bits per heavy atom. The third-order valence-corrected chi connectivity index (χ3v) is 2.71. The number of hydrogen-bond donors (Lipinski definition) is 1. The van der Waals surface area contributed by atoms with Crippen molar-refractivity contribution in [3.05, 3.63) is 17.6 Å². The highest BCUT2D eigenvalue weighted by Gasteiger charge is 2.33. The molecule has 0 aliphatic heterocycles. The van der Waals surface area contributed by atoms with Crippen molar-refractivity contribution in [2.45, 2.75) is 25.8 Å². The summed E-state index contributed by atoms with van der Waals surface area (Å²) in [5.74, 6) is 1.87. The van der Waals surface area contributed by atoms with E-state index in [1.54, 1.807) is 6.07 Å². The third-order valence-electron chi connectivity index (χ3n) is 2.71. The second-order valence-corrected chi connectivity index (χ2v) is 4.15. The Labute approximate surface area is 91.8 Å². The van der Waals surface area contributed by atoms with E-state index in [0.29, 0.717) is 23.4 Å². The Hall–Kier alpha value is -1.69. The lowest BCUT2D eigenvalue weighted by atomic mass is 10.2. The molecule has 2 aromatic heterocycles. The van der Waals surface area contributed by atoms with Gasteiger partial charge in [0, 0.05) is 6.07 Å². The minimum absolute atomic E-state index is 0.124. The molecule has 3 rings (SSSR count). The lowest BCUT2D eigenvalue weighted by Crippen LogP contribution is -2.13. The Bertz CT molecular complexity index is 500. The van der Waals surface area contributed by atoms with E-state index in [1.165, 1.54) is 0 Å². The van der Waals surface area contributed by atoms with Crippen LogP contribution in [0.25, 0.3) is 11.7 Å². The van der Waals surface area contributed by atoms with Crippen LogP contribution in [0.15, 0.2) is 15.1 Å². The van der Waals surface area contributed by atoms with E-state index in [1.807, 2.05) is 6.92 Å². The fraction of sp³-hybridized carbons (Fsp3) is 0.500. The summed E-state index contributed by atoms with van der Waals surface area (Å²) in [6, 6.07) is 1.63. The van der Waals surface area contributed by atoms with Crippen LogP contribution in [0.3, 0.4) is 0 Å². The van der Waals surface area contributed by atoms with Crippen LogP contribution in [0.2, 0.25) is 0 Å². The van der Waals surface area contributed by atoms with Gasteiger partial charge in [0.1, 0.15) is 0 Å². The van der Waals surface area contributed by atoms with Gasteiger partial charge in [0.15, 0.2) is 5.82 Å². The van der Waals surface area contributed by atoms with Gasteiger partial charge in [-0.2, -0.15) is 4.98 Å². The Balaban J connectivity index is 1.86. The number of rotatable bonds is 3. The predicted molar refractivity (Wildman–Crippen MR) is 54.2 cm³/mol. The zero-order valence-electron chi connectivity index (χ0n) is 8.88. The van der Waals surface area contributed by atoms with Crippen molar-refractivity contribution in [1.82, 2.24) is 15.3 Å². The standard InChI is InChI=1S/C10H12N4O2/c1-5-4-7(15-13-5)10-12-9(14-16-10)8(11)6-2-3-6/h4,6,8H,2-3,11H2,1H3. The van der Waals surface area contributed by atoms with Gasteiger partial charge in [-0.15, -0.1) is 0 Å². The summed E-state index contributed by atoms with van der Waals surface area (Å²) < 4.78 is 10.1. The molecule has 1 aliphatic carbocycles. The van der Waals surface area contributed by atoms with Gasteiger partial charge in [0.25, 0.3) is 5.89 Å². The molecule has 0 amide bonds. The van der Waals surface area contributed by atoms with E-state index >= 15 is 0 Å². The maximum absolute atomic E-state index is 5.97. The van der Waals surface area contributed by atoms with Crippen LogP contribution in [0.1, 0.15) is 30.4 Å². The average molecular weight is 220 g/mol. The largest absolute Gasteiger partial charge is 0.351 e. The number of aromatic nitrogens is 3. The summed E-state index contributed by atoms with van der Waals surface area (Å²) in [7, 11) is 0. The molecule has 1 saturated carbocycles. The Morgan fingerprint density at radius 2 is 2.19 bits per heavy atom. The molecule has 16 heavy (non-hydrogen) atoms. The van der Waals surface area contributed by atoms with Crippen molar-refractivity contribution >= 4 is 0 Å². The van der Waals surface area contributed by atoms with Crippen molar-refractivity contribution in [1.29, 1.82) is 0 Å². The van der Waals surface area contributed by atoms with Crippen LogP contribution in [0.5, 0.6) is 0 Å². The first-order chi connectivity index (χ1) is 7.74. The Morgan fingerprint density at radius 1 is 1.38 bits per heavy atom. The van der Waals surface area contributed by atoms with E-state index in [-0.39, 0.29) is 6.04 Å². The molecule has 0 saturated heterocycles. The first-order valence-electron chi connectivity index (χ1n) is 5.27. The maximum Gasteiger partial charge on any atom is 0.296 e. The number of aryl methyl sites for hydroxylation is 1. The molecule has 1 atom stereocenters. The van der Waals surface area contributed by atoms with E-state index in [4.69, 9.17) is 14.8 Å². The van der Waals surface area contributed by atoms with Crippen LogP contribution in [-0.4, -0.2) is 15.3 Å². The molecule has 2 N–H and O–H groups in total. The minimum atomic E-state index is -0.124. The van der Waals surface area contributed by atoms with Crippen molar-refractivity contribution in [2.24, 2.45) is 11.7 Å². The average Bonchev–Trinajstić information content (AvgIpc) is 2.84.